The Morgan fingerprint density at radius 3 is 2.39 bits per heavy atom. The van der Waals surface area contributed by atoms with Gasteiger partial charge in [-0.1, -0.05) is 29.8 Å². The summed E-state index contributed by atoms with van der Waals surface area (Å²) in [7, 11) is -2.81. The van der Waals surface area contributed by atoms with Gasteiger partial charge in [0, 0.05) is 18.1 Å². The number of anilines is 1. The number of aromatic nitrogens is 2. The number of hydrogen-bond donors (Lipinski definition) is 1. The van der Waals surface area contributed by atoms with Crippen molar-refractivity contribution in [3.8, 4) is 5.69 Å². The Morgan fingerprint density at radius 1 is 1.14 bits per heavy atom. The quantitative estimate of drug-likeness (QED) is 0.501. The normalized spacial score (nSPS) is 11.4. The molecule has 0 saturated carbocycles. The van der Waals surface area contributed by atoms with E-state index in [0.29, 0.717) is 11.4 Å². The Balaban J connectivity index is 2.13. The molecule has 9 nitrogen and oxygen atoms in total. The van der Waals surface area contributed by atoms with Crippen LogP contribution in [0, 0.1) is 17.0 Å². The van der Waals surface area contributed by atoms with Crippen LogP contribution in [0.3, 0.4) is 0 Å². The van der Waals surface area contributed by atoms with E-state index in [-0.39, 0.29) is 10.7 Å². The average Bonchev–Trinajstić information content (AvgIpc) is 2.85. The first-order valence-electron chi connectivity index (χ1n) is 7.94. The van der Waals surface area contributed by atoms with E-state index in [1.54, 1.807) is 44.3 Å². The third-order valence-corrected chi connectivity index (χ3v) is 5.83. The summed E-state index contributed by atoms with van der Waals surface area (Å²) >= 11 is 5.74. The predicted molar refractivity (Wildman–Crippen MR) is 105 cm³/mol. The molecule has 1 N–H and O–H groups in total. The van der Waals surface area contributed by atoms with Crippen molar-refractivity contribution in [1.82, 2.24) is 9.36 Å². The number of hydrogen-bond acceptors (Lipinski definition) is 5. The number of nitrogens with zero attached hydrogens (tertiary/aromatic N) is 3. The van der Waals surface area contributed by atoms with Gasteiger partial charge in [-0.3, -0.25) is 24.3 Å². The van der Waals surface area contributed by atoms with Crippen molar-refractivity contribution in [3.63, 3.8) is 0 Å². The molecule has 0 bridgehead atoms. The third kappa shape index (κ3) is 3.39. The standard InChI is InChI=1S/C17H15ClN4O5S/c1-11-16(17(23)21(20(11)2)13-6-4-3-5-7-13)19-28(26,27)15-9-8-12(18)10-14(15)22(24)25/h3-10,19H,1-2H3. The van der Waals surface area contributed by atoms with Gasteiger partial charge in [0.25, 0.3) is 21.3 Å². The van der Waals surface area contributed by atoms with Gasteiger partial charge >= 0.3 is 0 Å². The van der Waals surface area contributed by atoms with Crippen LogP contribution in [0.1, 0.15) is 5.69 Å². The summed E-state index contributed by atoms with van der Waals surface area (Å²) in [5, 5.41) is 11.3. The molecule has 2 aromatic carbocycles. The first-order valence-corrected chi connectivity index (χ1v) is 9.80. The van der Waals surface area contributed by atoms with Crippen molar-refractivity contribution < 1.29 is 13.3 Å². The SMILES string of the molecule is Cc1c(NS(=O)(=O)c2ccc(Cl)cc2[N+](=O)[O-])c(=O)n(-c2ccccc2)n1C. The highest BCUT2D eigenvalue weighted by Gasteiger charge is 2.29. The minimum absolute atomic E-state index is 0.0213. The molecule has 0 fully saturated rings. The third-order valence-electron chi connectivity index (χ3n) is 4.20. The second-order valence-corrected chi connectivity index (χ2v) is 8.00. The number of benzene rings is 2. The topological polar surface area (TPSA) is 116 Å². The number of nitrogens with one attached hydrogen (secondary N) is 1. The molecule has 0 aliphatic heterocycles. The second kappa shape index (κ2) is 7.13. The largest absolute Gasteiger partial charge is 0.296 e. The molecule has 3 aromatic rings. The molecule has 0 amide bonds. The summed E-state index contributed by atoms with van der Waals surface area (Å²) in [6, 6.07) is 11.9. The number of sulfonamides is 1. The Hall–Kier alpha value is -3.11. The summed E-state index contributed by atoms with van der Waals surface area (Å²) in [6.07, 6.45) is 0. The van der Waals surface area contributed by atoms with Crippen LogP contribution in [0.15, 0.2) is 58.2 Å². The summed E-state index contributed by atoms with van der Waals surface area (Å²) in [4.78, 5) is 22.7. The van der Waals surface area contributed by atoms with Gasteiger partial charge in [0.2, 0.25) is 0 Å². The fourth-order valence-electron chi connectivity index (χ4n) is 2.74. The molecular weight excluding hydrogens is 408 g/mol. The molecule has 1 aromatic heterocycles. The second-order valence-electron chi connectivity index (χ2n) is 5.91. The van der Waals surface area contributed by atoms with Crippen LogP contribution in [-0.4, -0.2) is 22.7 Å². The fraction of sp³-hybridized carbons (Fsp3) is 0.118. The molecule has 11 heteroatoms. The van der Waals surface area contributed by atoms with Gasteiger partial charge in [-0.15, -0.1) is 0 Å². The van der Waals surface area contributed by atoms with Crippen molar-refractivity contribution in [2.45, 2.75) is 11.8 Å². The first-order chi connectivity index (χ1) is 13.1. The van der Waals surface area contributed by atoms with Gasteiger partial charge in [-0.05, 0) is 31.2 Å². The van der Waals surface area contributed by atoms with Gasteiger partial charge in [-0.2, -0.15) is 0 Å². The highest BCUT2D eigenvalue weighted by Crippen LogP contribution is 2.29. The summed E-state index contributed by atoms with van der Waals surface area (Å²) < 4.78 is 30.5. The van der Waals surface area contributed by atoms with Crippen molar-refractivity contribution >= 4 is 33.0 Å². The van der Waals surface area contributed by atoms with Crippen LogP contribution in [0.5, 0.6) is 0 Å². The van der Waals surface area contributed by atoms with Gasteiger partial charge in [0.05, 0.1) is 16.3 Å². The number of nitro groups is 1. The van der Waals surface area contributed by atoms with E-state index in [0.717, 1.165) is 12.1 Å². The zero-order valence-electron chi connectivity index (χ0n) is 14.8. The Bertz CT molecular complexity index is 1230. The molecule has 1 heterocycles. The van der Waals surface area contributed by atoms with E-state index >= 15 is 0 Å². The monoisotopic (exact) mass is 422 g/mol. The molecule has 3 rings (SSSR count). The number of para-hydroxylation sites is 1. The Morgan fingerprint density at radius 2 is 1.79 bits per heavy atom. The van der Waals surface area contributed by atoms with Gasteiger partial charge in [0.1, 0.15) is 5.69 Å². The number of nitro benzene ring substituents is 1. The molecule has 0 atom stereocenters. The van der Waals surface area contributed by atoms with Gasteiger partial charge < -0.3 is 0 Å². The molecule has 0 unspecified atom stereocenters. The van der Waals surface area contributed by atoms with E-state index in [9.17, 15) is 23.3 Å². The van der Waals surface area contributed by atoms with E-state index in [4.69, 9.17) is 11.6 Å². The summed E-state index contributed by atoms with van der Waals surface area (Å²) in [5.41, 5.74) is -0.603. The lowest BCUT2D eigenvalue weighted by Gasteiger charge is -2.08. The molecule has 0 spiro atoms. The van der Waals surface area contributed by atoms with Crippen molar-refractivity contribution in [1.29, 1.82) is 0 Å². The summed E-state index contributed by atoms with van der Waals surface area (Å²) in [5.74, 6) is 0. The number of halogens is 1. The Kier molecular flexibility index (Phi) is 5.01. The molecule has 28 heavy (non-hydrogen) atoms. The van der Waals surface area contributed by atoms with Crippen LogP contribution in [0.4, 0.5) is 11.4 Å². The van der Waals surface area contributed by atoms with Crippen molar-refractivity contribution in [2.75, 3.05) is 4.72 Å². The zero-order chi connectivity index (χ0) is 20.6. The van der Waals surface area contributed by atoms with E-state index in [1.807, 2.05) is 0 Å². The average molecular weight is 423 g/mol. The zero-order valence-corrected chi connectivity index (χ0v) is 16.4. The molecule has 0 aliphatic carbocycles. The lowest BCUT2D eigenvalue weighted by molar-refractivity contribution is -0.387. The molecule has 0 radical (unpaired) electrons. The maximum Gasteiger partial charge on any atom is 0.296 e. The van der Waals surface area contributed by atoms with Crippen LogP contribution < -0.4 is 10.3 Å². The predicted octanol–water partition coefficient (Wildman–Crippen LogP) is 2.85. The molecule has 146 valence electrons. The molecular formula is C17H15ClN4O5S. The maximum atomic E-state index is 12.9. The lowest BCUT2D eigenvalue weighted by Crippen LogP contribution is -2.23. The Labute approximate surface area is 165 Å². The van der Waals surface area contributed by atoms with E-state index in [1.165, 1.54) is 15.4 Å². The summed E-state index contributed by atoms with van der Waals surface area (Å²) in [6.45, 7) is 1.56. The van der Waals surface area contributed by atoms with Gasteiger partial charge in [-0.25, -0.2) is 13.1 Å². The minimum Gasteiger partial charge on any atom is -0.283 e. The van der Waals surface area contributed by atoms with Gasteiger partial charge in [0.15, 0.2) is 4.90 Å². The van der Waals surface area contributed by atoms with Crippen LogP contribution in [0.25, 0.3) is 5.69 Å². The minimum atomic E-state index is -4.41. The van der Waals surface area contributed by atoms with Crippen LogP contribution in [-0.2, 0) is 17.1 Å². The van der Waals surface area contributed by atoms with Crippen molar-refractivity contribution in [2.24, 2.45) is 7.05 Å². The number of rotatable bonds is 5. The van der Waals surface area contributed by atoms with Crippen LogP contribution in [0.2, 0.25) is 5.02 Å². The molecule has 0 aliphatic rings. The van der Waals surface area contributed by atoms with E-state index < -0.39 is 31.1 Å². The first kappa shape index (κ1) is 19.6. The smallest absolute Gasteiger partial charge is 0.283 e. The van der Waals surface area contributed by atoms with Crippen molar-refractivity contribution in [3.05, 3.63) is 79.7 Å². The molecule has 0 saturated heterocycles. The highest BCUT2D eigenvalue weighted by atomic mass is 35.5. The maximum absolute atomic E-state index is 12.9. The lowest BCUT2D eigenvalue weighted by atomic mass is 10.3. The van der Waals surface area contributed by atoms with E-state index in [2.05, 4.69) is 4.72 Å². The van der Waals surface area contributed by atoms with Crippen LogP contribution >= 0.6 is 11.6 Å². The fourth-order valence-corrected chi connectivity index (χ4v) is 4.17. The highest BCUT2D eigenvalue weighted by molar-refractivity contribution is 7.92.